The van der Waals surface area contributed by atoms with Crippen molar-refractivity contribution in [3.63, 3.8) is 0 Å². The normalized spacial score (nSPS) is 10.9. The second-order valence-corrected chi connectivity index (χ2v) is 5.00. The van der Waals surface area contributed by atoms with Gasteiger partial charge >= 0.3 is 0 Å². The summed E-state index contributed by atoms with van der Waals surface area (Å²) in [7, 11) is 0. The van der Waals surface area contributed by atoms with Gasteiger partial charge < -0.3 is 0 Å². The molecule has 2 aromatic carbocycles. The highest BCUT2D eigenvalue weighted by Gasteiger charge is 2.03. The molecule has 0 aliphatic rings. The van der Waals surface area contributed by atoms with E-state index in [4.69, 9.17) is 0 Å². The van der Waals surface area contributed by atoms with E-state index in [1.807, 2.05) is 18.3 Å². The molecule has 17 heavy (non-hydrogen) atoms. The van der Waals surface area contributed by atoms with Crippen molar-refractivity contribution in [3.8, 4) is 5.69 Å². The smallest absolute Gasteiger partial charge is 0.123 e. The van der Waals surface area contributed by atoms with E-state index in [9.17, 15) is 4.39 Å². The Hall–Kier alpha value is -1.43. The SMILES string of the molecule is Fc1ccc(-n2cc3cc(I)ccc3n2)cc1. The molecule has 0 spiro atoms. The number of fused-ring (bicyclic) bond motifs is 1. The fourth-order valence-corrected chi connectivity index (χ4v) is 2.24. The lowest BCUT2D eigenvalue weighted by molar-refractivity contribution is 0.627. The Morgan fingerprint density at radius 1 is 1.06 bits per heavy atom. The van der Waals surface area contributed by atoms with E-state index in [2.05, 4.69) is 33.8 Å². The molecule has 2 nitrogen and oxygen atoms in total. The van der Waals surface area contributed by atoms with Crippen molar-refractivity contribution in [3.05, 3.63) is 58.0 Å². The van der Waals surface area contributed by atoms with Crippen LogP contribution >= 0.6 is 22.6 Å². The molecule has 4 heteroatoms. The summed E-state index contributed by atoms with van der Waals surface area (Å²) in [5, 5.41) is 5.53. The largest absolute Gasteiger partial charge is 0.240 e. The molecule has 0 radical (unpaired) electrons. The van der Waals surface area contributed by atoms with Gasteiger partial charge in [0.05, 0.1) is 11.2 Å². The molecule has 0 aliphatic heterocycles. The molecule has 0 atom stereocenters. The number of nitrogens with zero attached hydrogens (tertiary/aromatic N) is 2. The average Bonchev–Trinajstić information content (AvgIpc) is 2.72. The van der Waals surface area contributed by atoms with Crippen LogP contribution in [0.25, 0.3) is 16.6 Å². The van der Waals surface area contributed by atoms with Gasteiger partial charge in [0.15, 0.2) is 0 Å². The Kier molecular flexibility index (Phi) is 2.58. The van der Waals surface area contributed by atoms with Crippen LogP contribution in [-0.4, -0.2) is 9.78 Å². The first-order chi connectivity index (χ1) is 8.22. The number of hydrogen-bond donors (Lipinski definition) is 0. The third-order valence-electron chi connectivity index (χ3n) is 2.56. The first-order valence-corrected chi connectivity index (χ1v) is 6.21. The van der Waals surface area contributed by atoms with Crippen LogP contribution in [-0.2, 0) is 0 Å². The summed E-state index contributed by atoms with van der Waals surface area (Å²) in [5.74, 6) is -0.236. The molecule has 84 valence electrons. The van der Waals surface area contributed by atoms with E-state index in [0.29, 0.717) is 0 Å². The highest BCUT2D eigenvalue weighted by Crippen LogP contribution is 2.18. The van der Waals surface area contributed by atoms with Crippen molar-refractivity contribution >= 4 is 33.5 Å². The van der Waals surface area contributed by atoms with Crippen molar-refractivity contribution in [2.24, 2.45) is 0 Å². The second kappa shape index (κ2) is 4.10. The van der Waals surface area contributed by atoms with Gasteiger partial charge in [-0.25, -0.2) is 9.07 Å². The number of aromatic nitrogens is 2. The lowest BCUT2D eigenvalue weighted by Crippen LogP contribution is -1.93. The van der Waals surface area contributed by atoms with E-state index >= 15 is 0 Å². The summed E-state index contributed by atoms with van der Waals surface area (Å²) in [6.45, 7) is 0. The van der Waals surface area contributed by atoms with Gasteiger partial charge in [0, 0.05) is 15.2 Å². The van der Waals surface area contributed by atoms with Gasteiger partial charge in [0.2, 0.25) is 0 Å². The van der Waals surface area contributed by atoms with Gasteiger partial charge in [0.25, 0.3) is 0 Å². The van der Waals surface area contributed by atoms with Crippen LogP contribution in [0.5, 0.6) is 0 Å². The first kappa shape index (κ1) is 10.7. The minimum Gasteiger partial charge on any atom is -0.240 e. The summed E-state index contributed by atoms with van der Waals surface area (Å²) in [6, 6.07) is 12.4. The van der Waals surface area contributed by atoms with Crippen LogP contribution in [0.1, 0.15) is 0 Å². The Balaban J connectivity index is 2.14. The molecular formula is C13H8FIN2. The van der Waals surface area contributed by atoms with Crippen molar-refractivity contribution < 1.29 is 4.39 Å². The molecule has 0 bridgehead atoms. The van der Waals surface area contributed by atoms with Crippen LogP contribution in [0.2, 0.25) is 0 Å². The molecule has 0 N–H and O–H groups in total. The highest BCUT2D eigenvalue weighted by atomic mass is 127. The zero-order valence-corrected chi connectivity index (χ0v) is 10.9. The van der Waals surface area contributed by atoms with E-state index in [0.717, 1.165) is 16.6 Å². The third kappa shape index (κ3) is 2.04. The Morgan fingerprint density at radius 3 is 2.59 bits per heavy atom. The molecule has 3 aromatic rings. The first-order valence-electron chi connectivity index (χ1n) is 5.13. The summed E-state index contributed by atoms with van der Waals surface area (Å²) >= 11 is 2.27. The van der Waals surface area contributed by atoms with Crippen molar-refractivity contribution in [2.45, 2.75) is 0 Å². The number of halogens is 2. The van der Waals surface area contributed by atoms with Gasteiger partial charge in [-0.05, 0) is 65.1 Å². The van der Waals surface area contributed by atoms with Crippen molar-refractivity contribution in [1.82, 2.24) is 9.78 Å². The van der Waals surface area contributed by atoms with Crippen molar-refractivity contribution in [2.75, 3.05) is 0 Å². The van der Waals surface area contributed by atoms with Crippen LogP contribution in [0.4, 0.5) is 4.39 Å². The maximum Gasteiger partial charge on any atom is 0.123 e. The molecule has 0 fully saturated rings. The van der Waals surface area contributed by atoms with Gasteiger partial charge in [-0.1, -0.05) is 0 Å². The summed E-state index contributed by atoms with van der Waals surface area (Å²) in [4.78, 5) is 0. The van der Waals surface area contributed by atoms with Crippen LogP contribution < -0.4 is 0 Å². The van der Waals surface area contributed by atoms with Gasteiger partial charge in [-0.15, -0.1) is 0 Å². The topological polar surface area (TPSA) is 17.8 Å². The van der Waals surface area contributed by atoms with Crippen LogP contribution in [0, 0.1) is 9.39 Å². The summed E-state index contributed by atoms with van der Waals surface area (Å²) < 4.78 is 15.8. The predicted molar refractivity (Wildman–Crippen MR) is 73.7 cm³/mol. The summed E-state index contributed by atoms with van der Waals surface area (Å²) in [5.41, 5.74) is 1.80. The maximum absolute atomic E-state index is 12.8. The molecule has 0 amide bonds. The molecule has 3 rings (SSSR count). The molecule has 1 heterocycles. The molecule has 0 saturated heterocycles. The zero-order chi connectivity index (χ0) is 11.8. The van der Waals surface area contributed by atoms with Gasteiger partial charge in [0.1, 0.15) is 5.82 Å². The van der Waals surface area contributed by atoms with E-state index in [1.54, 1.807) is 16.8 Å². The monoisotopic (exact) mass is 338 g/mol. The average molecular weight is 338 g/mol. The van der Waals surface area contributed by atoms with Crippen LogP contribution in [0.3, 0.4) is 0 Å². The number of rotatable bonds is 1. The highest BCUT2D eigenvalue weighted by molar-refractivity contribution is 14.1. The van der Waals surface area contributed by atoms with Crippen molar-refractivity contribution in [1.29, 1.82) is 0 Å². The lowest BCUT2D eigenvalue weighted by Gasteiger charge is -1.99. The Morgan fingerprint density at radius 2 is 1.82 bits per heavy atom. The fraction of sp³-hybridized carbons (Fsp3) is 0. The second-order valence-electron chi connectivity index (χ2n) is 3.75. The molecular weight excluding hydrogens is 330 g/mol. The minimum atomic E-state index is -0.236. The number of benzene rings is 2. The Labute approximate surface area is 111 Å². The van der Waals surface area contributed by atoms with E-state index < -0.39 is 0 Å². The van der Waals surface area contributed by atoms with Gasteiger partial charge in [-0.3, -0.25) is 0 Å². The Bertz CT molecular complexity index is 673. The minimum absolute atomic E-state index is 0.236. The maximum atomic E-state index is 12.8. The molecule has 0 aliphatic carbocycles. The number of hydrogen-bond acceptors (Lipinski definition) is 1. The lowest BCUT2D eigenvalue weighted by atomic mass is 10.3. The zero-order valence-electron chi connectivity index (χ0n) is 8.77. The van der Waals surface area contributed by atoms with E-state index in [1.165, 1.54) is 15.7 Å². The molecule has 0 saturated carbocycles. The fourth-order valence-electron chi connectivity index (χ4n) is 1.72. The van der Waals surface area contributed by atoms with Gasteiger partial charge in [-0.2, -0.15) is 5.10 Å². The third-order valence-corrected chi connectivity index (χ3v) is 3.23. The standard InChI is InChI=1S/C13H8FIN2/c14-10-1-4-12(5-2-10)17-8-9-7-11(15)3-6-13(9)16-17/h1-8H. The van der Waals surface area contributed by atoms with E-state index in [-0.39, 0.29) is 5.82 Å². The molecule has 0 unspecified atom stereocenters. The predicted octanol–water partition coefficient (Wildman–Crippen LogP) is 3.77. The van der Waals surface area contributed by atoms with Crippen LogP contribution in [0.15, 0.2) is 48.7 Å². The quantitative estimate of drug-likeness (QED) is 0.618. The summed E-state index contributed by atoms with van der Waals surface area (Å²) in [6.07, 6.45) is 1.95. The molecule has 1 aromatic heterocycles.